The minimum absolute atomic E-state index is 0.00544. The van der Waals surface area contributed by atoms with E-state index in [2.05, 4.69) is 16.8 Å². The number of nitrogens with one attached hydrogen (secondary N) is 1. The Labute approximate surface area is 172 Å². The van der Waals surface area contributed by atoms with Crippen LogP contribution in [0.25, 0.3) is 0 Å². The van der Waals surface area contributed by atoms with Crippen LogP contribution in [-0.2, 0) is 13.9 Å². The van der Waals surface area contributed by atoms with E-state index in [9.17, 15) is 9.36 Å². The predicted molar refractivity (Wildman–Crippen MR) is 115 cm³/mol. The third kappa shape index (κ3) is 23.6. The van der Waals surface area contributed by atoms with Gasteiger partial charge in [0.2, 0.25) is 5.91 Å². The zero-order valence-electron chi connectivity index (χ0n) is 18.0. The Kier molecular flexibility index (Phi) is 19.6. The summed E-state index contributed by atoms with van der Waals surface area (Å²) in [4.78, 5) is 28.7. The van der Waals surface area contributed by atoms with Crippen LogP contribution < -0.4 is 5.32 Å². The van der Waals surface area contributed by atoms with Crippen LogP contribution in [0.3, 0.4) is 0 Å². The third-order valence-electron chi connectivity index (χ3n) is 4.91. The molecule has 28 heavy (non-hydrogen) atoms. The van der Waals surface area contributed by atoms with E-state index in [0.717, 1.165) is 12.8 Å². The van der Waals surface area contributed by atoms with Crippen molar-refractivity contribution in [3.05, 3.63) is 0 Å². The molecule has 0 fully saturated rings. The topological polar surface area (TPSA) is 95.9 Å². The van der Waals surface area contributed by atoms with Crippen LogP contribution in [0.1, 0.15) is 116 Å². The number of amides is 1. The van der Waals surface area contributed by atoms with Crippen LogP contribution in [0.2, 0.25) is 0 Å². The van der Waals surface area contributed by atoms with Gasteiger partial charge in [0.25, 0.3) is 0 Å². The molecular weight excluding hydrogens is 377 g/mol. The van der Waals surface area contributed by atoms with E-state index in [4.69, 9.17) is 9.79 Å². The van der Waals surface area contributed by atoms with E-state index in [1.165, 1.54) is 83.5 Å². The summed E-state index contributed by atoms with van der Waals surface area (Å²) in [5, 5.41) is 2.75. The summed E-state index contributed by atoms with van der Waals surface area (Å²) < 4.78 is 14.8. The van der Waals surface area contributed by atoms with Gasteiger partial charge in [0.05, 0.1) is 6.61 Å². The summed E-state index contributed by atoms with van der Waals surface area (Å²) in [7, 11) is -4.39. The molecule has 0 atom stereocenters. The van der Waals surface area contributed by atoms with Gasteiger partial charge in [-0.2, -0.15) is 0 Å². The maximum atomic E-state index is 11.6. The van der Waals surface area contributed by atoms with E-state index < -0.39 is 7.82 Å². The molecule has 0 saturated heterocycles. The van der Waals surface area contributed by atoms with Crippen molar-refractivity contribution < 1.29 is 23.7 Å². The van der Waals surface area contributed by atoms with E-state index in [0.29, 0.717) is 19.4 Å². The number of carbonyl (C=O) groups is 1. The third-order valence-corrected chi connectivity index (χ3v) is 5.43. The minimum Gasteiger partial charge on any atom is -0.356 e. The lowest BCUT2D eigenvalue weighted by atomic mass is 10.0. The quantitative estimate of drug-likeness (QED) is 0.159. The highest BCUT2D eigenvalue weighted by Gasteiger charge is 2.12. The molecule has 0 spiro atoms. The van der Waals surface area contributed by atoms with Crippen LogP contribution >= 0.6 is 7.82 Å². The number of unbranched alkanes of at least 4 members (excludes halogenated alkanes) is 14. The van der Waals surface area contributed by atoms with Crippen molar-refractivity contribution in [2.75, 3.05) is 13.2 Å². The molecule has 7 heteroatoms. The van der Waals surface area contributed by atoms with Gasteiger partial charge in [-0.3, -0.25) is 9.32 Å². The molecule has 0 unspecified atom stereocenters. The second-order valence-corrected chi connectivity index (χ2v) is 8.97. The molecule has 0 saturated carbocycles. The molecule has 0 aliphatic rings. The normalized spacial score (nSPS) is 11.7. The van der Waals surface area contributed by atoms with Gasteiger partial charge < -0.3 is 15.1 Å². The lowest BCUT2D eigenvalue weighted by molar-refractivity contribution is -0.121. The molecule has 0 heterocycles. The van der Waals surface area contributed by atoms with Gasteiger partial charge in [-0.15, -0.1) is 0 Å². The number of rotatable bonds is 21. The largest absolute Gasteiger partial charge is 0.469 e. The molecule has 0 rings (SSSR count). The van der Waals surface area contributed by atoms with Gasteiger partial charge in [-0.25, -0.2) is 4.57 Å². The zero-order valence-corrected chi connectivity index (χ0v) is 18.9. The molecule has 0 aromatic heterocycles. The molecule has 0 aromatic rings. The first-order valence-corrected chi connectivity index (χ1v) is 13.0. The van der Waals surface area contributed by atoms with Gasteiger partial charge in [0, 0.05) is 13.0 Å². The smallest absolute Gasteiger partial charge is 0.356 e. The highest BCUT2D eigenvalue weighted by molar-refractivity contribution is 7.46. The summed E-state index contributed by atoms with van der Waals surface area (Å²) in [5.41, 5.74) is 0. The van der Waals surface area contributed by atoms with E-state index in [1.54, 1.807) is 0 Å². The Hall–Kier alpha value is -0.420. The molecule has 0 aliphatic heterocycles. The summed E-state index contributed by atoms with van der Waals surface area (Å²) in [6, 6.07) is 0. The molecular formula is C21H44NO5P. The van der Waals surface area contributed by atoms with Crippen molar-refractivity contribution in [3.8, 4) is 0 Å². The highest BCUT2D eigenvalue weighted by atomic mass is 31.2. The van der Waals surface area contributed by atoms with Crippen molar-refractivity contribution in [3.63, 3.8) is 0 Å². The average Bonchev–Trinajstić information content (AvgIpc) is 2.63. The van der Waals surface area contributed by atoms with Crippen LogP contribution in [0.4, 0.5) is 0 Å². The zero-order chi connectivity index (χ0) is 20.9. The highest BCUT2D eigenvalue weighted by Crippen LogP contribution is 2.35. The molecule has 1 amide bonds. The summed E-state index contributed by atoms with van der Waals surface area (Å²) in [6.45, 7) is 2.60. The maximum absolute atomic E-state index is 11.6. The molecule has 3 N–H and O–H groups in total. The minimum atomic E-state index is -4.39. The van der Waals surface area contributed by atoms with Crippen molar-refractivity contribution >= 4 is 13.7 Å². The molecule has 0 bridgehead atoms. The Morgan fingerprint density at radius 2 is 1.18 bits per heavy atom. The van der Waals surface area contributed by atoms with Crippen molar-refractivity contribution in [2.24, 2.45) is 0 Å². The van der Waals surface area contributed by atoms with Crippen LogP contribution in [-0.4, -0.2) is 28.8 Å². The average molecular weight is 422 g/mol. The van der Waals surface area contributed by atoms with Gasteiger partial charge >= 0.3 is 7.82 Å². The van der Waals surface area contributed by atoms with Crippen LogP contribution in [0, 0.1) is 0 Å². The van der Waals surface area contributed by atoms with Crippen molar-refractivity contribution in [1.29, 1.82) is 0 Å². The van der Waals surface area contributed by atoms with Gasteiger partial charge in [0.15, 0.2) is 0 Å². The van der Waals surface area contributed by atoms with Gasteiger partial charge in [-0.1, -0.05) is 96.8 Å². The van der Waals surface area contributed by atoms with Crippen LogP contribution in [0.5, 0.6) is 0 Å². The molecule has 168 valence electrons. The van der Waals surface area contributed by atoms with Gasteiger partial charge in [0.1, 0.15) is 0 Å². The number of hydrogen-bond donors (Lipinski definition) is 3. The molecule has 0 aromatic carbocycles. The second-order valence-electron chi connectivity index (χ2n) is 7.73. The van der Waals surface area contributed by atoms with Crippen LogP contribution in [0.15, 0.2) is 0 Å². The van der Waals surface area contributed by atoms with E-state index >= 15 is 0 Å². The standard InChI is InChI=1S/C21H44NO5P/c1-2-3-4-5-6-7-8-9-10-11-12-13-14-15-16-18-21(23)22-19-17-20-27-28(24,25)26/h2-20H2,1H3,(H,22,23)(H2,24,25,26). The van der Waals surface area contributed by atoms with Crippen molar-refractivity contribution in [1.82, 2.24) is 5.32 Å². The van der Waals surface area contributed by atoms with Crippen molar-refractivity contribution in [2.45, 2.75) is 116 Å². The summed E-state index contributed by atoms with van der Waals surface area (Å²) >= 11 is 0. The number of phosphoric ester groups is 1. The molecule has 0 aliphatic carbocycles. The Morgan fingerprint density at radius 1 is 0.750 bits per heavy atom. The Morgan fingerprint density at radius 3 is 1.61 bits per heavy atom. The SMILES string of the molecule is CCCCCCCCCCCCCCCCCC(=O)NCCCOP(=O)(O)O. The fraction of sp³-hybridized carbons (Fsp3) is 0.952. The lowest BCUT2D eigenvalue weighted by Crippen LogP contribution is -2.24. The first-order chi connectivity index (χ1) is 13.5. The van der Waals surface area contributed by atoms with E-state index in [-0.39, 0.29) is 12.5 Å². The first-order valence-electron chi connectivity index (χ1n) is 11.4. The Bertz CT molecular complexity index is 400. The summed E-state index contributed by atoms with van der Waals surface area (Å²) in [6.07, 6.45) is 20.5. The lowest BCUT2D eigenvalue weighted by Gasteiger charge is -2.07. The molecule has 6 nitrogen and oxygen atoms in total. The number of phosphoric acid groups is 1. The fourth-order valence-corrected chi connectivity index (χ4v) is 3.60. The predicted octanol–water partition coefficient (Wildman–Crippen LogP) is 5.86. The monoisotopic (exact) mass is 421 g/mol. The Balaban J connectivity index is 3.18. The second kappa shape index (κ2) is 19.9. The van der Waals surface area contributed by atoms with Gasteiger partial charge in [-0.05, 0) is 12.8 Å². The number of carbonyl (C=O) groups excluding carboxylic acids is 1. The maximum Gasteiger partial charge on any atom is 0.469 e. The summed E-state index contributed by atoms with van der Waals surface area (Å²) in [5.74, 6) is 0.00544. The molecule has 0 radical (unpaired) electrons. The fourth-order valence-electron chi connectivity index (χ4n) is 3.23. The first kappa shape index (κ1) is 27.6. The van der Waals surface area contributed by atoms with E-state index in [1.807, 2.05) is 0 Å². The number of hydrogen-bond acceptors (Lipinski definition) is 3.